The molecule has 2 aromatic rings. The molecule has 0 saturated carbocycles. The van der Waals surface area contributed by atoms with Gasteiger partial charge in [0.05, 0.1) is 19.0 Å². The number of aliphatic hydroxyl groups is 1. The van der Waals surface area contributed by atoms with Crippen molar-refractivity contribution in [3.63, 3.8) is 0 Å². The number of ether oxygens (including phenoxy) is 1. The Labute approximate surface area is 144 Å². The van der Waals surface area contributed by atoms with Crippen LogP contribution in [0.3, 0.4) is 0 Å². The van der Waals surface area contributed by atoms with Gasteiger partial charge in [0.1, 0.15) is 5.76 Å². The lowest BCUT2D eigenvalue weighted by atomic mass is 10.1. The Kier molecular flexibility index (Phi) is 5.84. The predicted molar refractivity (Wildman–Crippen MR) is 87.6 cm³/mol. The minimum atomic E-state index is -0.175. The van der Waals surface area contributed by atoms with E-state index in [-0.39, 0.29) is 18.4 Å². The molecule has 1 fully saturated rings. The van der Waals surface area contributed by atoms with E-state index in [1.807, 2.05) is 0 Å². The SMILES string of the molecule is O=C(c1ccc(CSc2ncccn2)o1)N1CCOC[C@H](CO)C1. The van der Waals surface area contributed by atoms with Gasteiger partial charge >= 0.3 is 0 Å². The first kappa shape index (κ1) is 16.9. The van der Waals surface area contributed by atoms with Crippen LogP contribution >= 0.6 is 11.8 Å². The minimum Gasteiger partial charge on any atom is -0.455 e. The monoisotopic (exact) mass is 349 g/mol. The maximum atomic E-state index is 12.6. The summed E-state index contributed by atoms with van der Waals surface area (Å²) >= 11 is 1.45. The number of carbonyl (C=O) groups is 1. The molecule has 1 N–H and O–H groups in total. The fourth-order valence-electron chi connectivity index (χ4n) is 2.40. The Bertz CT molecular complexity index is 664. The molecule has 1 amide bonds. The van der Waals surface area contributed by atoms with Crippen LogP contribution in [0.1, 0.15) is 16.3 Å². The highest BCUT2D eigenvalue weighted by molar-refractivity contribution is 7.98. The van der Waals surface area contributed by atoms with Crippen LogP contribution in [-0.4, -0.2) is 58.8 Å². The molecule has 3 rings (SSSR count). The molecule has 0 radical (unpaired) electrons. The third kappa shape index (κ3) is 4.34. The fraction of sp³-hybridized carbons (Fsp3) is 0.438. The Morgan fingerprint density at radius 3 is 3.00 bits per heavy atom. The van der Waals surface area contributed by atoms with Crippen molar-refractivity contribution in [3.05, 3.63) is 42.1 Å². The van der Waals surface area contributed by atoms with Gasteiger partial charge in [0.25, 0.3) is 5.91 Å². The number of aromatic nitrogens is 2. The number of carbonyl (C=O) groups excluding carboxylic acids is 1. The number of nitrogens with zero attached hydrogens (tertiary/aromatic N) is 3. The molecule has 0 spiro atoms. The molecular formula is C16H19N3O4S. The summed E-state index contributed by atoms with van der Waals surface area (Å²) in [6, 6.07) is 5.24. The highest BCUT2D eigenvalue weighted by Gasteiger charge is 2.25. The van der Waals surface area contributed by atoms with Crippen molar-refractivity contribution in [2.45, 2.75) is 10.9 Å². The smallest absolute Gasteiger partial charge is 0.289 e. The zero-order valence-electron chi connectivity index (χ0n) is 13.1. The Morgan fingerprint density at radius 2 is 2.21 bits per heavy atom. The number of furan rings is 1. The first-order valence-corrected chi connectivity index (χ1v) is 8.71. The molecule has 7 nitrogen and oxygen atoms in total. The largest absolute Gasteiger partial charge is 0.455 e. The first-order chi connectivity index (χ1) is 11.8. The Balaban J connectivity index is 1.60. The zero-order chi connectivity index (χ0) is 16.8. The summed E-state index contributed by atoms with van der Waals surface area (Å²) in [5.41, 5.74) is 0. The average Bonchev–Trinajstić information content (AvgIpc) is 2.97. The number of rotatable bonds is 5. The summed E-state index contributed by atoms with van der Waals surface area (Å²) in [6.07, 6.45) is 3.37. The van der Waals surface area contributed by atoms with Gasteiger partial charge in [-0.1, -0.05) is 11.8 Å². The molecule has 128 valence electrons. The molecule has 0 unspecified atom stereocenters. The van der Waals surface area contributed by atoms with Gasteiger partial charge in [-0.15, -0.1) is 0 Å². The van der Waals surface area contributed by atoms with Crippen molar-refractivity contribution < 1.29 is 19.1 Å². The van der Waals surface area contributed by atoms with Crippen LogP contribution in [0.4, 0.5) is 0 Å². The third-order valence-corrected chi connectivity index (χ3v) is 4.54. The second-order valence-corrected chi connectivity index (χ2v) is 6.40. The summed E-state index contributed by atoms with van der Waals surface area (Å²) in [4.78, 5) is 22.5. The lowest BCUT2D eigenvalue weighted by Gasteiger charge is -2.21. The standard InChI is InChI=1S/C16H19N3O4S/c20-9-12-8-19(6-7-22-10-12)15(21)14-3-2-13(23-14)11-24-16-17-4-1-5-18-16/h1-5,12,20H,6-11H2/t12-/m0/s1. The topological polar surface area (TPSA) is 88.7 Å². The van der Waals surface area contributed by atoms with Gasteiger partial charge < -0.3 is 19.2 Å². The summed E-state index contributed by atoms with van der Waals surface area (Å²) < 4.78 is 11.1. The highest BCUT2D eigenvalue weighted by atomic mass is 32.2. The van der Waals surface area contributed by atoms with Gasteiger partial charge in [-0.3, -0.25) is 4.79 Å². The molecule has 1 aliphatic heterocycles. The van der Waals surface area contributed by atoms with Gasteiger partial charge in [-0.05, 0) is 18.2 Å². The zero-order valence-corrected chi connectivity index (χ0v) is 13.9. The Morgan fingerprint density at radius 1 is 1.38 bits per heavy atom. The summed E-state index contributed by atoms with van der Waals surface area (Å²) in [5, 5.41) is 9.98. The molecule has 24 heavy (non-hydrogen) atoms. The number of amides is 1. The van der Waals surface area contributed by atoms with E-state index < -0.39 is 0 Å². The van der Waals surface area contributed by atoms with Crippen molar-refractivity contribution in [1.29, 1.82) is 0 Å². The van der Waals surface area contributed by atoms with Crippen molar-refractivity contribution in [1.82, 2.24) is 14.9 Å². The van der Waals surface area contributed by atoms with Crippen LogP contribution in [0.25, 0.3) is 0 Å². The van der Waals surface area contributed by atoms with E-state index in [2.05, 4.69) is 9.97 Å². The summed E-state index contributed by atoms with van der Waals surface area (Å²) in [5.74, 6) is 1.32. The van der Waals surface area contributed by atoms with Gasteiger partial charge in [0, 0.05) is 38.0 Å². The average molecular weight is 349 g/mol. The van der Waals surface area contributed by atoms with Crippen LogP contribution in [0.2, 0.25) is 0 Å². The van der Waals surface area contributed by atoms with Gasteiger partial charge in [0.15, 0.2) is 10.9 Å². The molecule has 3 heterocycles. The predicted octanol–water partition coefficient (Wildman–Crippen LogP) is 1.44. The number of hydrogen-bond donors (Lipinski definition) is 1. The van der Waals surface area contributed by atoms with Crippen LogP contribution < -0.4 is 0 Å². The van der Waals surface area contributed by atoms with Gasteiger partial charge in [-0.2, -0.15) is 0 Å². The van der Waals surface area contributed by atoms with Crippen molar-refractivity contribution in [3.8, 4) is 0 Å². The minimum absolute atomic E-state index is 0.000893. The van der Waals surface area contributed by atoms with Crippen molar-refractivity contribution >= 4 is 17.7 Å². The van der Waals surface area contributed by atoms with E-state index in [1.165, 1.54) is 11.8 Å². The molecule has 1 atom stereocenters. The number of thioether (sulfide) groups is 1. The van der Waals surface area contributed by atoms with Crippen LogP contribution in [0, 0.1) is 5.92 Å². The van der Waals surface area contributed by atoms with E-state index in [9.17, 15) is 9.90 Å². The van der Waals surface area contributed by atoms with E-state index in [4.69, 9.17) is 9.15 Å². The Hall–Kier alpha value is -1.90. The molecular weight excluding hydrogens is 330 g/mol. The second kappa shape index (κ2) is 8.27. The summed E-state index contributed by atoms with van der Waals surface area (Å²) in [6.45, 7) is 1.91. The van der Waals surface area contributed by atoms with Gasteiger partial charge in [0.2, 0.25) is 0 Å². The van der Waals surface area contributed by atoms with E-state index in [1.54, 1.807) is 35.5 Å². The fourth-order valence-corrected chi connectivity index (χ4v) is 3.09. The van der Waals surface area contributed by atoms with Crippen molar-refractivity contribution in [2.75, 3.05) is 32.9 Å². The van der Waals surface area contributed by atoms with Crippen LogP contribution in [0.15, 0.2) is 40.2 Å². The third-order valence-electron chi connectivity index (χ3n) is 3.64. The summed E-state index contributed by atoms with van der Waals surface area (Å²) in [7, 11) is 0. The molecule has 1 aliphatic rings. The normalized spacial score (nSPS) is 18.4. The van der Waals surface area contributed by atoms with E-state index in [0.29, 0.717) is 48.7 Å². The molecule has 0 aromatic carbocycles. The highest BCUT2D eigenvalue weighted by Crippen LogP contribution is 2.21. The van der Waals surface area contributed by atoms with Crippen LogP contribution in [0.5, 0.6) is 0 Å². The van der Waals surface area contributed by atoms with Crippen molar-refractivity contribution in [2.24, 2.45) is 5.92 Å². The number of aliphatic hydroxyl groups excluding tert-OH is 1. The molecule has 2 aromatic heterocycles. The van der Waals surface area contributed by atoms with Crippen LogP contribution in [-0.2, 0) is 10.5 Å². The first-order valence-electron chi connectivity index (χ1n) is 7.72. The second-order valence-electron chi connectivity index (χ2n) is 5.46. The number of hydrogen-bond acceptors (Lipinski definition) is 7. The van der Waals surface area contributed by atoms with Gasteiger partial charge in [-0.25, -0.2) is 9.97 Å². The molecule has 0 bridgehead atoms. The molecule has 1 saturated heterocycles. The van der Waals surface area contributed by atoms with E-state index >= 15 is 0 Å². The lowest BCUT2D eigenvalue weighted by molar-refractivity contribution is 0.0695. The molecule has 8 heteroatoms. The maximum Gasteiger partial charge on any atom is 0.289 e. The molecule has 0 aliphatic carbocycles. The quantitative estimate of drug-likeness (QED) is 0.645. The van der Waals surface area contributed by atoms with E-state index in [0.717, 1.165) is 0 Å². The maximum absolute atomic E-state index is 12.6. The lowest BCUT2D eigenvalue weighted by Crippen LogP contribution is -2.36.